The zero-order chi connectivity index (χ0) is 21.6. The molecule has 0 saturated carbocycles. The number of likely N-dealkylation sites (N-methyl/N-ethyl adjacent to an activating group) is 1. The minimum Gasteiger partial charge on any atom is -0.497 e. The van der Waals surface area contributed by atoms with Crippen molar-refractivity contribution in [3.8, 4) is 5.75 Å². The molecule has 0 bridgehead atoms. The third kappa shape index (κ3) is 5.02. The lowest BCUT2D eigenvalue weighted by Crippen LogP contribution is -2.51. The Morgan fingerprint density at radius 3 is 2.50 bits per heavy atom. The zero-order valence-electron chi connectivity index (χ0n) is 17.3. The summed E-state index contributed by atoms with van der Waals surface area (Å²) in [7, 11) is 1.58. The van der Waals surface area contributed by atoms with E-state index in [1.807, 2.05) is 43.3 Å². The number of carbonyl (C=O) groups excluding carboxylic acids is 2. The van der Waals surface area contributed by atoms with Crippen molar-refractivity contribution in [1.82, 2.24) is 4.90 Å². The van der Waals surface area contributed by atoms with Gasteiger partial charge in [-0.2, -0.15) is 0 Å². The van der Waals surface area contributed by atoms with Gasteiger partial charge in [0.1, 0.15) is 5.75 Å². The van der Waals surface area contributed by atoms with Crippen molar-refractivity contribution < 1.29 is 19.1 Å². The van der Waals surface area contributed by atoms with E-state index < -0.39 is 5.41 Å². The topological polar surface area (TPSA) is 67.9 Å². The molecule has 0 unspecified atom stereocenters. The maximum absolute atomic E-state index is 13.7. The van der Waals surface area contributed by atoms with Gasteiger partial charge in [0.2, 0.25) is 11.8 Å². The van der Waals surface area contributed by atoms with E-state index in [0.29, 0.717) is 44.0 Å². The van der Waals surface area contributed by atoms with Crippen molar-refractivity contribution in [3.05, 3.63) is 58.6 Å². The van der Waals surface area contributed by atoms with Crippen LogP contribution in [-0.2, 0) is 19.7 Å². The number of hydrogen-bond acceptors (Lipinski definition) is 4. The molecule has 2 aromatic carbocycles. The number of hydrogen-bond donors (Lipinski definition) is 1. The molecule has 6 nitrogen and oxygen atoms in total. The highest BCUT2D eigenvalue weighted by atomic mass is 79.9. The van der Waals surface area contributed by atoms with Crippen LogP contribution in [0.15, 0.2) is 53.0 Å². The summed E-state index contributed by atoms with van der Waals surface area (Å²) in [6, 6.07) is 15.0. The molecule has 1 N–H and O–H groups in total. The van der Waals surface area contributed by atoms with Gasteiger partial charge in [0.05, 0.1) is 19.1 Å². The van der Waals surface area contributed by atoms with Crippen molar-refractivity contribution >= 4 is 33.4 Å². The molecular weight excluding hydrogens is 448 g/mol. The predicted molar refractivity (Wildman–Crippen MR) is 120 cm³/mol. The molecular formula is C23H27BrN2O4. The Balaban J connectivity index is 1.78. The van der Waals surface area contributed by atoms with Crippen molar-refractivity contribution in [2.45, 2.75) is 25.2 Å². The van der Waals surface area contributed by atoms with Crippen molar-refractivity contribution in [2.75, 3.05) is 38.7 Å². The fourth-order valence-electron chi connectivity index (χ4n) is 3.82. The molecule has 1 heterocycles. The highest BCUT2D eigenvalue weighted by Gasteiger charge is 2.44. The molecule has 1 aliphatic rings. The Kier molecular flexibility index (Phi) is 7.50. The maximum Gasteiger partial charge on any atom is 0.243 e. The second kappa shape index (κ2) is 10.1. The lowest BCUT2D eigenvalue weighted by Gasteiger charge is -2.39. The Hall–Kier alpha value is -2.38. The number of methoxy groups -OCH3 is 1. The van der Waals surface area contributed by atoms with Crippen LogP contribution >= 0.6 is 15.9 Å². The summed E-state index contributed by atoms with van der Waals surface area (Å²) in [4.78, 5) is 28.0. The molecule has 1 aliphatic heterocycles. The van der Waals surface area contributed by atoms with Crippen LogP contribution < -0.4 is 10.1 Å². The summed E-state index contributed by atoms with van der Waals surface area (Å²) in [5, 5.41) is 2.86. The van der Waals surface area contributed by atoms with Gasteiger partial charge >= 0.3 is 0 Å². The van der Waals surface area contributed by atoms with E-state index in [1.54, 1.807) is 24.1 Å². The summed E-state index contributed by atoms with van der Waals surface area (Å²) >= 11 is 3.46. The minimum atomic E-state index is -0.675. The Morgan fingerprint density at radius 1 is 1.17 bits per heavy atom. The second-order valence-electron chi connectivity index (χ2n) is 7.30. The van der Waals surface area contributed by atoms with E-state index in [4.69, 9.17) is 9.47 Å². The SMILES string of the molecule is CCN(CC(=O)Nc1cccc(OC)c1)C(=O)C1(c2ccc(Br)cc2)CCOCC1. The summed E-state index contributed by atoms with van der Waals surface area (Å²) in [6.07, 6.45) is 1.20. The first-order valence-electron chi connectivity index (χ1n) is 10.1. The average Bonchev–Trinajstić information content (AvgIpc) is 2.78. The molecule has 2 amide bonds. The molecule has 0 radical (unpaired) electrons. The molecule has 3 rings (SSSR count). The van der Waals surface area contributed by atoms with E-state index in [2.05, 4.69) is 21.2 Å². The summed E-state index contributed by atoms with van der Waals surface area (Å²) in [5.41, 5.74) is 0.924. The van der Waals surface area contributed by atoms with Gasteiger partial charge in [0.25, 0.3) is 0 Å². The molecule has 0 aromatic heterocycles. The van der Waals surface area contributed by atoms with E-state index in [1.165, 1.54) is 0 Å². The van der Waals surface area contributed by atoms with Crippen LogP contribution in [0.2, 0.25) is 0 Å². The molecule has 160 valence electrons. The van der Waals surface area contributed by atoms with Crippen LogP contribution in [0.1, 0.15) is 25.3 Å². The van der Waals surface area contributed by atoms with Crippen LogP contribution in [0.4, 0.5) is 5.69 Å². The third-order valence-corrected chi connectivity index (χ3v) is 6.04. The van der Waals surface area contributed by atoms with E-state index in [-0.39, 0.29) is 18.4 Å². The second-order valence-corrected chi connectivity index (χ2v) is 8.22. The van der Waals surface area contributed by atoms with E-state index >= 15 is 0 Å². The van der Waals surface area contributed by atoms with Gasteiger partial charge in [-0.3, -0.25) is 9.59 Å². The number of carbonyl (C=O) groups is 2. The van der Waals surface area contributed by atoms with Crippen LogP contribution in [0.5, 0.6) is 5.75 Å². The normalized spacial score (nSPS) is 15.3. The summed E-state index contributed by atoms with van der Waals surface area (Å²) in [6.45, 7) is 3.38. The Labute approximate surface area is 185 Å². The number of amides is 2. The molecule has 2 aromatic rings. The standard InChI is InChI=1S/C23H27BrN2O4/c1-3-26(16-21(27)25-19-5-4-6-20(15-19)29-2)22(28)23(11-13-30-14-12-23)17-7-9-18(24)10-8-17/h4-10,15H,3,11-14,16H2,1-2H3,(H,25,27). The molecule has 1 fully saturated rings. The van der Waals surface area contributed by atoms with Crippen LogP contribution in [0, 0.1) is 0 Å². The Bertz CT molecular complexity index is 879. The minimum absolute atomic E-state index is 0.00826. The number of rotatable bonds is 7. The average molecular weight is 475 g/mol. The smallest absolute Gasteiger partial charge is 0.243 e. The van der Waals surface area contributed by atoms with Gasteiger partial charge in [0.15, 0.2) is 0 Å². The van der Waals surface area contributed by atoms with Crippen molar-refractivity contribution in [2.24, 2.45) is 0 Å². The van der Waals surface area contributed by atoms with Gasteiger partial charge in [-0.1, -0.05) is 34.1 Å². The van der Waals surface area contributed by atoms with Crippen molar-refractivity contribution in [3.63, 3.8) is 0 Å². The van der Waals surface area contributed by atoms with Gasteiger partial charge in [-0.15, -0.1) is 0 Å². The fraction of sp³-hybridized carbons (Fsp3) is 0.391. The quantitative estimate of drug-likeness (QED) is 0.658. The van der Waals surface area contributed by atoms with E-state index in [0.717, 1.165) is 10.0 Å². The maximum atomic E-state index is 13.7. The number of nitrogens with zero attached hydrogens (tertiary/aromatic N) is 1. The fourth-order valence-corrected chi connectivity index (χ4v) is 4.08. The molecule has 0 spiro atoms. The first-order valence-corrected chi connectivity index (χ1v) is 10.8. The summed E-state index contributed by atoms with van der Waals surface area (Å²) in [5.74, 6) is 0.389. The molecule has 7 heteroatoms. The molecule has 30 heavy (non-hydrogen) atoms. The number of ether oxygens (including phenoxy) is 2. The number of halogens is 1. The van der Waals surface area contributed by atoms with E-state index in [9.17, 15) is 9.59 Å². The third-order valence-electron chi connectivity index (χ3n) is 5.51. The molecule has 0 atom stereocenters. The predicted octanol–water partition coefficient (Wildman–Crippen LogP) is 3.99. The van der Waals surface area contributed by atoms with Gasteiger partial charge in [-0.05, 0) is 49.6 Å². The first-order chi connectivity index (χ1) is 14.5. The van der Waals surface area contributed by atoms with Crippen LogP contribution in [0.25, 0.3) is 0 Å². The highest BCUT2D eigenvalue weighted by molar-refractivity contribution is 9.10. The summed E-state index contributed by atoms with van der Waals surface area (Å²) < 4.78 is 11.7. The zero-order valence-corrected chi connectivity index (χ0v) is 18.9. The number of benzene rings is 2. The van der Waals surface area contributed by atoms with Gasteiger partial charge < -0.3 is 19.7 Å². The largest absolute Gasteiger partial charge is 0.497 e. The monoisotopic (exact) mass is 474 g/mol. The Morgan fingerprint density at radius 2 is 1.87 bits per heavy atom. The van der Waals surface area contributed by atoms with Gasteiger partial charge in [0, 0.05) is 36.0 Å². The molecule has 0 aliphatic carbocycles. The highest BCUT2D eigenvalue weighted by Crippen LogP contribution is 2.37. The first kappa shape index (κ1) is 22.3. The molecule has 1 saturated heterocycles. The van der Waals surface area contributed by atoms with Crippen LogP contribution in [0.3, 0.4) is 0 Å². The van der Waals surface area contributed by atoms with Crippen LogP contribution in [-0.4, -0.2) is 50.1 Å². The number of anilines is 1. The van der Waals surface area contributed by atoms with Gasteiger partial charge in [-0.25, -0.2) is 0 Å². The lowest BCUT2D eigenvalue weighted by atomic mass is 9.73. The lowest BCUT2D eigenvalue weighted by molar-refractivity contribution is -0.143. The van der Waals surface area contributed by atoms with Crippen molar-refractivity contribution in [1.29, 1.82) is 0 Å². The number of nitrogens with one attached hydrogen (secondary N) is 1.